The molecule has 3 nitrogen and oxygen atoms in total. The first-order chi connectivity index (χ1) is 7.50. The molecule has 0 aliphatic heterocycles. The van der Waals surface area contributed by atoms with Gasteiger partial charge in [-0.3, -0.25) is 4.79 Å². The van der Waals surface area contributed by atoms with Crippen LogP contribution in [0.25, 0.3) is 0 Å². The molecule has 0 heterocycles. The average molecular weight is 225 g/mol. The summed E-state index contributed by atoms with van der Waals surface area (Å²) in [5, 5.41) is 0. The third kappa shape index (κ3) is 3.62. The third-order valence-electron chi connectivity index (χ3n) is 2.28. The van der Waals surface area contributed by atoms with Crippen molar-refractivity contribution < 1.29 is 13.9 Å². The molecule has 16 heavy (non-hydrogen) atoms. The molecule has 0 saturated carbocycles. The average Bonchev–Trinajstić information content (AvgIpc) is 2.26. The molecule has 0 aliphatic rings. The van der Waals surface area contributed by atoms with Crippen LogP contribution in [0.3, 0.4) is 0 Å². The zero-order valence-electron chi connectivity index (χ0n) is 9.44. The molecule has 0 amide bonds. The summed E-state index contributed by atoms with van der Waals surface area (Å²) in [6.45, 7) is 3.83. The van der Waals surface area contributed by atoms with E-state index in [-0.39, 0.29) is 18.3 Å². The molecule has 0 fully saturated rings. The topological polar surface area (TPSA) is 52.3 Å². The summed E-state index contributed by atoms with van der Waals surface area (Å²) in [5.41, 5.74) is 6.36. The lowest BCUT2D eigenvalue weighted by Crippen LogP contribution is -2.36. The van der Waals surface area contributed by atoms with Gasteiger partial charge in [0.25, 0.3) is 0 Å². The number of nitrogens with two attached hydrogens (primary N) is 1. The van der Waals surface area contributed by atoms with E-state index >= 15 is 0 Å². The molecule has 4 heteroatoms. The molecule has 0 saturated heterocycles. The summed E-state index contributed by atoms with van der Waals surface area (Å²) in [4.78, 5) is 11.4. The van der Waals surface area contributed by atoms with Crippen molar-refractivity contribution in [2.45, 2.75) is 26.5 Å². The van der Waals surface area contributed by atoms with Crippen molar-refractivity contribution in [3.05, 3.63) is 35.6 Å². The summed E-state index contributed by atoms with van der Waals surface area (Å²) in [7, 11) is 0. The van der Waals surface area contributed by atoms with Gasteiger partial charge >= 0.3 is 5.97 Å². The first-order valence-corrected chi connectivity index (χ1v) is 5.17. The Kier molecular flexibility index (Phi) is 4.43. The van der Waals surface area contributed by atoms with Crippen molar-refractivity contribution >= 4 is 5.97 Å². The highest BCUT2D eigenvalue weighted by atomic mass is 19.1. The van der Waals surface area contributed by atoms with E-state index in [2.05, 4.69) is 0 Å². The molecule has 0 spiro atoms. The van der Waals surface area contributed by atoms with Crippen LogP contribution in [0.5, 0.6) is 0 Å². The summed E-state index contributed by atoms with van der Waals surface area (Å²) in [6, 6.07) is 5.19. The molecule has 0 bridgehead atoms. The minimum Gasteiger partial charge on any atom is -0.460 e. The van der Waals surface area contributed by atoms with Crippen molar-refractivity contribution in [2.75, 3.05) is 0 Å². The zero-order chi connectivity index (χ0) is 12.1. The molecule has 1 rings (SSSR count). The Morgan fingerprint density at radius 3 is 2.44 bits per heavy atom. The number of hydrogen-bond acceptors (Lipinski definition) is 3. The van der Waals surface area contributed by atoms with E-state index in [4.69, 9.17) is 10.5 Å². The zero-order valence-corrected chi connectivity index (χ0v) is 9.44. The van der Waals surface area contributed by atoms with Gasteiger partial charge in [-0.25, -0.2) is 4.39 Å². The highest BCUT2D eigenvalue weighted by Crippen LogP contribution is 2.06. The monoisotopic (exact) mass is 225 g/mol. The van der Waals surface area contributed by atoms with Crippen LogP contribution in [0, 0.1) is 11.7 Å². The van der Waals surface area contributed by atoms with Crippen molar-refractivity contribution in [3.63, 3.8) is 0 Å². The first kappa shape index (κ1) is 12.6. The molecule has 1 atom stereocenters. The van der Waals surface area contributed by atoms with Gasteiger partial charge in [0.1, 0.15) is 18.5 Å². The van der Waals surface area contributed by atoms with E-state index in [1.54, 1.807) is 12.1 Å². The maximum atomic E-state index is 12.6. The van der Waals surface area contributed by atoms with Gasteiger partial charge in [0, 0.05) is 0 Å². The molecule has 1 aromatic rings. The molecule has 1 aromatic carbocycles. The van der Waals surface area contributed by atoms with Gasteiger partial charge in [0.15, 0.2) is 0 Å². The summed E-state index contributed by atoms with van der Waals surface area (Å²) in [5.74, 6) is -0.700. The number of hydrogen-bond donors (Lipinski definition) is 1. The predicted octanol–water partition coefficient (Wildman–Crippen LogP) is 1.85. The van der Waals surface area contributed by atoms with E-state index < -0.39 is 12.0 Å². The van der Waals surface area contributed by atoms with E-state index in [9.17, 15) is 9.18 Å². The summed E-state index contributed by atoms with van der Waals surface area (Å²) >= 11 is 0. The number of carbonyl (C=O) groups excluding carboxylic acids is 1. The highest BCUT2D eigenvalue weighted by Gasteiger charge is 2.18. The van der Waals surface area contributed by atoms with Crippen LogP contribution in [0.2, 0.25) is 0 Å². The second-order valence-electron chi connectivity index (χ2n) is 4.00. The number of halogens is 1. The Morgan fingerprint density at radius 2 is 1.94 bits per heavy atom. The molecule has 0 aliphatic carbocycles. The fraction of sp³-hybridized carbons (Fsp3) is 0.417. The molecular formula is C12H16FNO2. The molecule has 0 aromatic heterocycles. The van der Waals surface area contributed by atoms with Crippen LogP contribution in [0.4, 0.5) is 4.39 Å². The van der Waals surface area contributed by atoms with Crippen molar-refractivity contribution in [1.82, 2.24) is 0 Å². The third-order valence-corrected chi connectivity index (χ3v) is 2.28. The standard InChI is InChI=1S/C12H16FNO2/c1-8(2)11(14)12(15)16-7-9-3-5-10(13)6-4-9/h3-6,8,11H,7,14H2,1-2H3/t11-/m0/s1. The van der Waals surface area contributed by atoms with Crippen LogP contribution < -0.4 is 5.73 Å². The van der Waals surface area contributed by atoms with Crippen LogP contribution in [-0.4, -0.2) is 12.0 Å². The van der Waals surface area contributed by atoms with Gasteiger partial charge < -0.3 is 10.5 Å². The Balaban J connectivity index is 2.46. The van der Waals surface area contributed by atoms with Crippen LogP contribution in [-0.2, 0) is 16.1 Å². The maximum absolute atomic E-state index is 12.6. The lowest BCUT2D eigenvalue weighted by Gasteiger charge is -2.14. The minimum atomic E-state index is -0.611. The van der Waals surface area contributed by atoms with Crippen molar-refractivity contribution in [2.24, 2.45) is 11.7 Å². The summed E-state index contributed by atoms with van der Waals surface area (Å²) < 4.78 is 17.6. The van der Waals surface area contributed by atoms with Gasteiger partial charge in [-0.1, -0.05) is 26.0 Å². The lowest BCUT2D eigenvalue weighted by molar-refractivity contribution is -0.147. The van der Waals surface area contributed by atoms with Crippen molar-refractivity contribution in [3.8, 4) is 0 Å². The second kappa shape index (κ2) is 5.61. The number of rotatable bonds is 4. The number of ether oxygens (including phenoxy) is 1. The fourth-order valence-corrected chi connectivity index (χ4v) is 1.10. The number of esters is 1. The smallest absolute Gasteiger partial charge is 0.323 e. The fourth-order valence-electron chi connectivity index (χ4n) is 1.10. The van der Waals surface area contributed by atoms with E-state index in [1.807, 2.05) is 13.8 Å². The van der Waals surface area contributed by atoms with E-state index in [0.29, 0.717) is 0 Å². The van der Waals surface area contributed by atoms with Crippen LogP contribution in [0.1, 0.15) is 19.4 Å². The number of benzene rings is 1. The SMILES string of the molecule is CC(C)[C@H](N)C(=O)OCc1ccc(F)cc1. The van der Waals surface area contributed by atoms with Crippen molar-refractivity contribution in [1.29, 1.82) is 0 Å². The molecule has 88 valence electrons. The predicted molar refractivity (Wildman–Crippen MR) is 59.0 cm³/mol. The Morgan fingerprint density at radius 1 is 1.38 bits per heavy atom. The second-order valence-corrected chi connectivity index (χ2v) is 4.00. The van der Waals surface area contributed by atoms with Crippen LogP contribution in [0.15, 0.2) is 24.3 Å². The Hall–Kier alpha value is -1.42. The van der Waals surface area contributed by atoms with Gasteiger partial charge in [-0.2, -0.15) is 0 Å². The van der Waals surface area contributed by atoms with Gasteiger partial charge in [-0.05, 0) is 23.6 Å². The molecule has 2 N–H and O–H groups in total. The van der Waals surface area contributed by atoms with E-state index in [1.165, 1.54) is 12.1 Å². The Labute approximate surface area is 94.4 Å². The molecule has 0 unspecified atom stereocenters. The lowest BCUT2D eigenvalue weighted by atomic mass is 10.1. The molecular weight excluding hydrogens is 209 g/mol. The largest absolute Gasteiger partial charge is 0.460 e. The first-order valence-electron chi connectivity index (χ1n) is 5.17. The van der Waals surface area contributed by atoms with Crippen LogP contribution >= 0.6 is 0 Å². The van der Waals surface area contributed by atoms with Gasteiger partial charge in [0.2, 0.25) is 0 Å². The summed E-state index contributed by atoms with van der Waals surface area (Å²) in [6.07, 6.45) is 0. The van der Waals surface area contributed by atoms with Gasteiger partial charge in [0.05, 0.1) is 0 Å². The van der Waals surface area contributed by atoms with Gasteiger partial charge in [-0.15, -0.1) is 0 Å². The number of carbonyl (C=O) groups is 1. The Bertz CT molecular complexity index is 349. The molecule has 0 radical (unpaired) electrons. The normalized spacial score (nSPS) is 12.6. The van der Waals surface area contributed by atoms with E-state index in [0.717, 1.165) is 5.56 Å². The quantitative estimate of drug-likeness (QED) is 0.796. The maximum Gasteiger partial charge on any atom is 0.323 e. The minimum absolute atomic E-state index is 0.0423. The highest BCUT2D eigenvalue weighted by molar-refractivity contribution is 5.75.